The standard InChI is InChI=1S/C36H42N6O6S/c1-5-48-34-28(9-8-16-38-34)36(23-32(43)41-17-14-27(15-18-41)40-21-19-39(3)20-22-40)33-25(2)26(24-37)12-13-29(33)42(35(36)44)49(45,46)31-11-7-6-10-30(31)47-4/h6-13,16,27H,5,14-15,17-23H2,1-4H3. The largest absolute Gasteiger partial charge is 0.495 e. The Morgan fingerprint density at radius 1 is 1.04 bits per heavy atom. The number of benzene rings is 2. The number of hydrogen-bond donors (Lipinski definition) is 0. The number of rotatable bonds is 9. The fraction of sp³-hybridized carbons (Fsp3) is 0.444. The summed E-state index contributed by atoms with van der Waals surface area (Å²) in [5, 5.41) is 10.1. The van der Waals surface area contributed by atoms with E-state index >= 15 is 4.79 Å². The summed E-state index contributed by atoms with van der Waals surface area (Å²) in [5.74, 6) is -0.957. The number of likely N-dealkylation sites (tertiary alicyclic amines) is 1. The van der Waals surface area contributed by atoms with Gasteiger partial charge in [0, 0.05) is 69.1 Å². The van der Waals surface area contributed by atoms with Gasteiger partial charge >= 0.3 is 0 Å². The van der Waals surface area contributed by atoms with E-state index in [0.717, 1.165) is 43.3 Å². The zero-order chi connectivity index (χ0) is 34.9. The van der Waals surface area contributed by atoms with Crippen LogP contribution in [-0.4, -0.2) is 106 Å². The molecule has 6 rings (SSSR count). The van der Waals surface area contributed by atoms with Crippen LogP contribution in [-0.2, 0) is 25.0 Å². The van der Waals surface area contributed by atoms with Gasteiger partial charge in [-0.3, -0.25) is 14.5 Å². The highest BCUT2D eigenvalue weighted by atomic mass is 32.2. The number of pyridine rings is 1. The van der Waals surface area contributed by atoms with Crippen LogP contribution in [0.5, 0.6) is 11.6 Å². The number of hydrogen-bond acceptors (Lipinski definition) is 10. The number of likely N-dealkylation sites (N-methyl/N-ethyl adjacent to an activating group) is 1. The predicted molar refractivity (Wildman–Crippen MR) is 183 cm³/mol. The summed E-state index contributed by atoms with van der Waals surface area (Å²) in [4.78, 5) is 40.6. The minimum Gasteiger partial charge on any atom is -0.495 e. The van der Waals surface area contributed by atoms with E-state index in [9.17, 15) is 18.5 Å². The van der Waals surface area contributed by atoms with E-state index in [1.807, 2.05) is 0 Å². The van der Waals surface area contributed by atoms with Crippen molar-refractivity contribution in [1.82, 2.24) is 19.7 Å². The van der Waals surface area contributed by atoms with Gasteiger partial charge in [-0.2, -0.15) is 5.26 Å². The molecule has 2 saturated heterocycles. The molecule has 1 atom stereocenters. The number of para-hydroxylation sites is 1. The van der Waals surface area contributed by atoms with Crippen molar-refractivity contribution >= 4 is 27.5 Å². The molecule has 0 spiro atoms. The minimum absolute atomic E-state index is 0.0652. The van der Waals surface area contributed by atoms with Crippen LogP contribution in [0, 0.1) is 18.3 Å². The van der Waals surface area contributed by atoms with Crippen molar-refractivity contribution in [2.75, 3.05) is 64.3 Å². The first-order valence-electron chi connectivity index (χ1n) is 16.6. The molecule has 3 aromatic rings. The Hall–Kier alpha value is -4.51. The topological polar surface area (TPSA) is 136 Å². The molecule has 0 radical (unpaired) electrons. The number of piperidine rings is 1. The van der Waals surface area contributed by atoms with Crippen LogP contribution in [0.2, 0.25) is 0 Å². The number of nitriles is 1. The van der Waals surface area contributed by atoms with Gasteiger partial charge in [0.2, 0.25) is 11.8 Å². The molecule has 49 heavy (non-hydrogen) atoms. The lowest BCUT2D eigenvalue weighted by atomic mass is 9.70. The van der Waals surface area contributed by atoms with Crippen LogP contribution in [0.1, 0.15) is 48.4 Å². The number of ether oxygens (including phenoxy) is 2. The molecule has 0 aliphatic carbocycles. The summed E-state index contributed by atoms with van der Waals surface area (Å²) in [5.41, 5.74) is -0.607. The number of aromatic nitrogens is 1. The monoisotopic (exact) mass is 686 g/mol. The lowest BCUT2D eigenvalue weighted by molar-refractivity contribution is -0.136. The molecule has 2 aromatic carbocycles. The summed E-state index contributed by atoms with van der Waals surface area (Å²) in [6.45, 7) is 8.70. The number of amides is 2. The number of carbonyl (C=O) groups is 2. The number of sulfonamides is 1. The second-order valence-corrected chi connectivity index (χ2v) is 14.5. The Labute approximate surface area is 287 Å². The van der Waals surface area contributed by atoms with Gasteiger partial charge in [0.1, 0.15) is 16.1 Å². The van der Waals surface area contributed by atoms with Crippen LogP contribution in [0.25, 0.3) is 0 Å². The van der Waals surface area contributed by atoms with Crippen molar-refractivity contribution in [3.05, 3.63) is 77.0 Å². The molecule has 1 unspecified atom stereocenters. The molecule has 4 heterocycles. The van der Waals surface area contributed by atoms with Gasteiger partial charge in [0.25, 0.3) is 15.9 Å². The van der Waals surface area contributed by atoms with Gasteiger partial charge in [-0.15, -0.1) is 0 Å². The highest BCUT2D eigenvalue weighted by Crippen LogP contribution is 2.54. The van der Waals surface area contributed by atoms with Gasteiger partial charge < -0.3 is 19.3 Å². The van der Waals surface area contributed by atoms with Crippen LogP contribution in [0.3, 0.4) is 0 Å². The maximum absolute atomic E-state index is 15.3. The third-order valence-electron chi connectivity index (χ3n) is 10.1. The van der Waals surface area contributed by atoms with E-state index in [2.05, 4.69) is 27.9 Å². The zero-order valence-electron chi connectivity index (χ0n) is 28.4. The minimum atomic E-state index is -4.59. The molecule has 3 aliphatic rings. The summed E-state index contributed by atoms with van der Waals surface area (Å²) in [6, 6.07) is 14.9. The van der Waals surface area contributed by atoms with Crippen molar-refractivity contribution in [3.63, 3.8) is 0 Å². The normalized spacial score (nSPS) is 20.6. The number of nitrogens with zero attached hydrogens (tertiary/aromatic N) is 6. The lowest BCUT2D eigenvalue weighted by Gasteiger charge is -2.42. The Kier molecular flexibility index (Phi) is 9.66. The Bertz CT molecular complexity index is 1900. The quantitative estimate of drug-likeness (QED) is 0.330. The Morgan fingerprint density at radius 2 is 1.76 bits per heavy atom. The molecule has 0 saturated carbocycles. The average Bonchev–Trinajstić information content (AvgIpc) is 3.37. The second-order valence-electron chi connectivity index (χ2n) is 12.8. The van der Waals surface area contributed by atoms with Crippen molar-refractivity contribution in [1.29, 1.82) is 5.26 Å². The van der Waals surface area contributed by atoms with Crippen molar-refractivity contribution in [3.8, 4) is 17.7 Å². The molecule has 2 fully saturated rings. The van der Waals surface area contributed by atoms with E-state index in [1.54, 1.807) is 43.0 Å². The summed E-state index contributed by atoms with van der Waals surface area (Å²) >= 11 is 0. The van der Waals surface area contributed by atoms with E-state index in [4.69, 9.17) is 9.47 Å². The SMILES string of the molecule is CCOc1ncccc1C1(CC(=O)N2CCC(N3CCN(C)CC3)CC2)C(=O)N(S(=O)(=O)c2ccccc2OC)c2ccc(C#N)c(C)c21. The van der Waals surface area contributed by atoms with Crippen molar-refractivity contribution < 1.29 is 27.5 Å². The molecule has 13 heteroatoms. The molecular formula is C36H42N6O6S. The molecule has 3 aliphatic heterocycles. The summed E-state index contributed by atoms with van der Waals surface area (Å²) < 4.78 is 41.3. The molecule has 2 amide bonds. The van der Waals surface area contributed by atoms with E-state index in [1.165, 1.54) is 37.6 Å². The van der Waals surface area contributed by atoms with Gasteiger partial charge in [-0.1, -0.05) is 18.2 Å². The fourth-order valence-electron chi connectivity index (χ4n) is 7.57. The van der Waals surface area contributed by atoms with Gasteiger partial charge in [-0.05, 0) is 69.6 Å². The first-order valence-corrected chi connectivity index (χ1v) is 18.1. The second kappa shape index (κ2) is 13.8. The lowest BCUT2D eigenvalue weighted by Crippen LogP contribution is -2.53. The molecule has 1 aromatic heterocycles. The van der Waals surface area contributed by atoms with E-state index in [-0.39, 0.29) is 57.8 Å². The third-order valence-corrected chi connectivity index (χ3v) is 11.9. The number of methoxy groups -OCH3 is 1. The van der Waals surface area contributed by atoms with Crippen molar-refractivity contribution in [2.24, 2.45) is 0 Å². The highest BCUT2D eigenvalue weighted by Gasteiger charge is 2.59. The maximum atomic E-state index is 15.3. The predicted octanol–water partition coefficient (Wildman–Crippen LogP) is 3.32. The summed E-state index contributed by atoms with van der Waals surface area (Å²) in [7, 11) is -1.10. The third kappa shape index (κ3) is 5.92. The first kappa shape index (κ1) is 34.4. The van der Waals surface area contributed by atoms with Crippen LogP contribution in [0.4, 0.5) is 5.69 Å². The van der Waals surface area contributed by atoms with Crippen LogP contribution in [0.15, 0.2) is 59.6 Å². The zero-order valence-corrected chi connectivity index (χ0v) is 29.2. The molecular weight excluding hydrogens is 644 g/mol. The number of piperazine rings is 1. The molecule has 258 valence electrons. The van der Waals surface area contributed by atoms with Gasteiger partial charge in [0.15, 0.2) is 0 Å². The smallest absolute Gasteiger partial charge is 0.274 e. The Morgan fingerprint density at radius 3 is 2.43 bits per heavy atom. The van der Waals surface area contributed by atoms with E-state index in [0.29, 0.717) is 24.7 Å². The maximum Gasteiger partial charge on any atom is 0.274 e. The van der Waals surface area contributed by atoms with Gasteiger partial charge in [-0.25, -0.2) is 17.7 Å². The molecule has 0 N–H and O–H groups in total. The van der Waals surface area contributed by atoms with E-state index < -0.39 is 21.3 Å². The highest BCUT2D eigenvalue weighted by molar-refractivity contribution is 7.93. The Balaban J connectivity index is 1.48. The molecule has 0 bridgehead atoms. The molecule has 12 nitrogen and oxygen atoms in total. The first-order chi connectivity index (χ1) is 23.6. The number of carbonyl (C=O) groups excluding carboxylic acids is 2. The summed E-state index contributed by atoms with van der Waals surface area (Å²) in [6.07, 6.45) is 2.75. The van der Waals surface area contributed by atoms with Crippen LogP contribution < -0.4 is 13.8 Å². The fourth-order valence-corrected chi connectivity index (χ4v) is 9.21. The van der Waals surface area contributed by atoms with Gasteiger partial charge in [0.05, 0.1) is 31.0 Å². The van der Waals surface area contributed by atoms with Crippen molar-refractivity contribution in [2.45, 2.75) is 49.5 Å². The van der Waals surface area contributed by atoms with Crippen LogP contribution >= 0.6 is 0 Å². The number of anilines is 1. The average molecular weight is 687 g/mol. The number of fused-ring (bicyclic) bond motifs is 1.